The van der Waals surface area contributed by atoms with Gasteiger partial charge in [-0.3, -0.25) is 9.59 Å². The van der Waals surface area contributed by atoms with Crippen LogP contribution in [0.25, 0.3) is 0 Å². The zero-order valence-corrected chi connectivity index (χ0v) is 16.6. The van der Waals surface area contributed by atoms with Crippen molar-refractivity contribution in [1.82, 2.24) is 20.1 Å². The second-order valence-corrected chi connectivity index (χ2v) is 8.83. The fourth-order valence-corrected chi connectivity index (χ4v) is 4.65. The Labute approximate surface area is 167 Å². The average molecular weight is 408 g/mol. The maximum absolute atomic E-state index is 13.0. The van der Waals surface area contributed by atoms with E-state index in [1.807, 2.05) is 13.8 Å². The molecule has 0 radical (unpaired) electrons. The van der Waals surface area contributed by atoms with Crippen LogP contribution in [0.3, 0.4) is 0 Å². The number of hydrogen-bond donors (Lipinski definition) is 2. The van der Waals surface area contributed by atoms with Gasteiger partial charge in [-0.1, -0.05) is 0 Å². The Bertz CT molecular complexity index is 890. The topological polar surface area (TPSA) is 83.4 Å². The SMILES string of the molecule is CC(C)NC(=O)N1C[C@@H]2C[C@H](C1)c1ccc(C(=O)NC3CC(F)(F)C3)c(=O)n1C2. The minimum absolute atomic E-state index is 0.0154. The Hall–Kier alpha value is -2.45. The van der Waals surface area contributed by atoms with E-state index in [-0.39, 0.29) is 47.9 Å². The Morgan fingerprint density at radius 1 is 1.17 bits per heavy atom. The lowest BCUT2D eigenvalue weighted by Crippen LogP contribution is -2.54. The van der Waals surface area contributed by atoms with Gasteiger partial charge in [-0.05, 0) is 38.3 Å². The number of carbonyl (C=O) groups excluding carboxylic acids is 2. The zero-order valence-electron chi connectivity index (χ0n) is 16.6. The van der Waals surface area contributed by atoms with Crippen LogP contribution in [0.5, 0.6) is 0 Å². The van der Waals surface area contributed by atoms with Crippen LogP contribution in [0.4, 0.5) is 13.6 Å². The molecule has 1 aromatic heterocycles. The first-order chi connectivity index (χ1) is 13.6. The molecule has 0 aromatic carbocycles. The van der Waals surface area contributed by atoms with Gasteiger partial charge in [-0.25, -0.2) is 13.6 Å². The number of piperidine rings is 1. The van der Waals surface area contributed by atoms with Gasteiger partial charge in [0.05, 0.1) is 0 Å². The Kier molecular flexibility index (Phi) is 4.86. The van der Waals surface area contributed by atoms with Crippen molar-refractivity contribution in [3.63, 3.8) is 0 Å². The summed E-state index contributed by atoms with van der Waals surface area (Å²) in [5, 5.41) is 5.44. The highest BCUT2D eigenvalue weighted by molar-refractivity contribution is 5.94. The van der Waals surface area contributed by atoms with Crippen LogP contribution in [-0.2, 0) is 6.54 Å². The van der Waals surface area contributed by atoms with Gasteiger partial charge in [0.2, 0.25) is 0 Å². The Morgan fingerprint density at radius 2 is 1.90 bits per heavy atom. The predicted octanol–water partition coefficient (Wildman–Crippen LogP) is 1.91. The standard InChI is InChI=1S/C20H26F2N4O3/c1-11(2)23-19(29)25-8-12-5-13(10-25)16-4-3-15(18(28)26(16)9-12)17(27)24-14-6-20(21,22)7-14/h3-4,11-14H,5-10H2,1-2H3,(H,23,29)(H,24,27)/t12-,13+/m0/s1. The van der Waals surface area contributed by atoms with Crippen molar-refractivity contribution in [1.29, 1.82) is 0 Å². The van der Waals surface area contributed by atoms with Crippen LogP contribution in [0.2, 0.25) is 0 Å². The molecule has 29 heavy (non-hydrogen) atoms. The summed E-state index contributed by atoms with van der Waals surface area (Å²) in [7, 11) is 0. The van der Waals surface area contributed by atoms with Crippen molar-refractivity contribution in [2.75, 3.05) is 13.1 Å². The predicted molar refractivity (Wildman–Crippen MR) is 102 cm³/mol. The molecule has 1 aromatic rings. The molecule has 1 aliphatic carbocycles. The molecule has 158 valence electrons. The van der Waals surface area contributed by atoms with Crippen LogP contribution in [-0.4, -0.2) is 52.5 Å². The summed E-state index contributed by atoms with van der Waals surface area (Å²) in [6.07, 6.45) is 0.125. The molecule has 9 heteroatoms. The quantitative estimate of drug-likeness (QED) is 0.802. The van der Waals surface area contributed by atoms with Crippen molar-refractivity contribution < 1.29 is 18.4 Å². The molecule has 0 unspecified atom stereocenters. The fraction of sp³-hybridized carbons (Fsp3) is 0.650. The van der Waals surface area contributed by atoms with Crippen molar-refractivity contribution in [2.24, 2.45) is 5.92 Å². The van der Waals surface area contributed by atoms with E-state index in [1.54, 1.807) is 15.5 Å². The molecular formula is C20H26F2N4O3. The van der Waals surface area contributed by atoms with Crippen LogP contribution < -0.4 is 16.2 Å². The molecule has 2 aliphatic heterocycles. The maximum atomic E-state index is 13.0. The third kappa shape index (κ3) is 3.86. The molecule has 0 spiro atoms. The molecule has 1 saturated carbocycles. The normalized spacial score (nSPS) is 25.2. The molecule has 2 fully saturated rings. The number of hydrogen-bond acceptors (Lipinski definition) is 3. The van der Waals surface area contributed by atoms with E-state index in [9.17, 15) is 23.2 Å². The van der Waals surface area contributed by atoms with E-state index in [0.29, 0.717) is 19.6 Å². The van der Waals surface area contributed by atoms with E-state index in [1.165, 1.54) is 6.07 Å². The van der Waals surface area contributed by atoms with E-state index < -0.39 is 17.9 Å². The molecule has 3 amide bonds. The van der Waals surface area contributed by atoms with E-state index >= 15 is 0 Å². The van der Waals surface area contributed by atoms with Crippen LogP contribution in [0.1, 0.15) is 55.1 Å². The Balaban J connectivity index is 1.51. The zero-order chi connectivity index (χ0) is 20.9. The first-order valence-corrected chi connectivity index (χ1v) is 10.1. The summed E-state index contributed by atoms with van der Waals surface area (Å²) >= 11 is 0. The smallest absolute Gasteiger partial charge is 0.317 e. The van der Waals surface area contributed by atoms with Crippen LogP contribution in [0.15, 0.2) is 16.9 Å². The van der Waals surface area contributed by atoms with E-state index in [4.69, 9.17) is 0 Å². The van der Waals surface area contributed by atoms with Crippen molar-refractivity contribution in [3.8, 4) is 0 Å². The maximum Gasteiger partial charge on any atom is 0.317 e. The number of amides is 3. The number of alkyl halides is 2. The molecule has 2 atom stereocenters. The van der Waals surface area contributed by atoms with Gasteiger partial charge in [0.15, 0.2) is 0 Å². The number of pyridine rings is 1. The molecule has 3 aliphatic rings. The second-order valence-electron chi connectivity index (χ2n) is 8.83. The average Bonchev–Trinajstić information content (AvgIpc) is 2.60. The van der Waals surface area contributed by atoms with Gasteiger partial charge in [0, 0.05) is 56.2 Å². The summed E-state index contributed by atoms with van der Waals surface area (Å²) in [6.45, 7) is 5.36. The number of nitrogens with one attached hydrogen (secondary N) is 2. The number of nitrogens with zero attached hydrogens (tertiary/aromatic N) is 2. The minimum Gasteiger partial charge on any atom is -0.349 e. The summed E-state index contributed by atoms with van der Waals surface area (Å²) in [5.74, 6) is -3.15. The number of halogens is 2. The number of carbonyl (C=O) groups is 2. The fourth-order valence-electron chi connectivity index (χ4n) is 4.65. The summed E-state index contributed by atoms with van der Waals surface area (Å²) in [6, 6.07) is 2.60. The molecule has 4 rings (SSSR count). The largest absolute Gasteiger partial charge is 0.349 e. The van der Waals surface area contributed by atoms with Gasteiger partial charge >= 0.3 is 6.03 Å². The molecule has 7 nitrogen and oxygen atoms in total. The highest BCUT2D eigenvalue weighted by atomic mass is 19.3. The number of likely N-dealkylation sites (tertiary alicyclic amines) is 1. The molecule has 2 N–H and O–H groups in total. The van der Waals surface area contributed by atoms with Gasteiger partial charge in [0.1, 0.15) is 5.56 Å². The van der Waals surface area contributed by atoms with Crippen molar-refractivity contribution in [2.45, 2.75) is 63.6 Å². The molecular weight excluding hydrogens is 382 g/mol. The lowest BCUT2D eigenvalue weighted by Gasteiger charge is -2.43. The summed E-state index contributed by atoms with van der Waals surface area (Å²) < 4.78 is 27.6. The first kappa shape index (κ1) is 19.8. The van der Waals surface area contributed by atoms with Gasteiger partial charge in [-0.2, -0.15) is 0 Å². The molecule has 1 saturated heterocycles. The van der Waals surface area contributed by atoms with E-state index in [0.717, 1.165) is 12.1 Å². The third-order valence-corrected chi connectivity index (χ3v) is 5.97. The van der Waals surface area contributed by atoms with Gasteiger partial charge < -0.3 is 20.1 Å². The van der Waals surface area contributed by atoms with Gasteiger partial charge in [0.25, 0.3) is 17.4 Å². The monoisotopic (exact) mass is 408 g/mol. The number of fused-ring (bicyclic) bond motifs is 4. The highest BCUT2D eigenvalue weighted by Gasteiger charge is 2.46. The lowest BCUT2D eigenvalue weighted by atomic mass is 9.83. The second kappa shape index (κ2) is 7.11. The highest BCUT2D eigenvalue weighted by Crippen LogP contribution is 2.38. The Morgan fingerprint density at radius 3 is 2.55 bits per heavy atom. The molecule has 2 bridgehead atoms. The third-order valence-electron chi connectivity index (χ3n) is 5.97. The number of aromatic nitrogens is 1. The minimum atomic E-state index is -2.73. The van der Waals surface area contributed by atoms with Crippen LogP contribution in [0, 0.1) is 5.92 Å². The number of urea groups is 1. The van der Waals surface area contributed by atoms with Gasteiger partial charge in [-0.15, -0.1) is 0 Å². The first-order valence-electron chi connectivity index (χ1n) is 10.1. The molecule has 3 heterocycles. The lowest BCUT2D eigenvalue weighted by molar-refractivity contribution is -0.0901. The summed E-state index contributed by atoms with van der Waals surface area (Å²) in [5.41, 5.74) is 0.416. The summed E-state index contributed by atoms with van der Waals surface area (Å²) in [4.78, 5) is 39.5. The van der Waals surface area contributed by atoms with Crippen molar-refractivity contribution in [3.05, 3.63) is 33.7 Å². The number of rotatable bonds is 3. The van der Waals surface area contributed by atoms with Crippen LogP contribution >= 0.6 is 0 Å². The van der Waals surface area contributed by atoms with E-state index in [2.05, 4.69) is 10.6 Å². The van der Waals surface area contributed by atoms with Crippen molar-refractivity contribution >= 4 is 11.9 Å².